The van der Waals surface area contributed by atoms with Crippen LogP contribution in [0.2, 0.25) is 0 Å². The molecule has 1 saturated carbocycles. The van der Waals surface area contributed by atoms with Crippen molar-refractivity contribution >= 4 is 15.9 Å². The summed E-state index contributed by atoms with van der Waals surface area (Å²) in [4.78, 5) is 17.7. The molecule has 190 valence electrons. The van der Waals surface area contributed by atoms with E-state index < -0.39 is 10.0 Å². The summed E-state index contributed by atoms with van der Waals surface area (Å²) in [5, 5.41) is 0. The molecule has 1 aliphatic heterocycles. The standard InChI is InChI=1S/C27H37N3O4S/c1-2-34-25-13-15-26(16-14-25)35(32,33)30(24-11-7-4-8-12-24)22-27(31)29-19-17-28(18-20-29)21-23-9-5-3-6-10-23/h3,5-6,9-10,13-16,24H,2,4,7-8,11-12,17-22H2,1H3. The molecule has 0 N–H and O–H groups in total. The molecule has 4 rings (SSSR count). The van der Waals surface area contributed by atoms with Crippen LogP contribution in [-0.2, 0) is 21.4 Å². The molecule has 0 radical (unpaired) electrons. The molecule has 1 heterocycles. The minimum absolute atomic E-state index is 0.0983. The van der Waals surface area contributed by atoms with E-state index in [2.05, 4.69) is 17.0 Å². The van der Waals surface area contributed by atoms with Crippen molar-refractivity contribution in [2.75, 3.05) is 39.3 Å². The molecule has 0 bridgehead atoms. The average molecular weight is 500 g/mol. The van der Waals surface area contributed by atoms with Gasteiger partial charge >= 0.3 is 0 Å². The van der Waals surface area contributed by atoms with E-state index in [9.17, 15) is 13.2 Å². The second kappa shape index (κ2) is 12.0. The van der Waals surface area contributed by atoms with Crippen LogP contribution < -0.4 is 4.74 Å². The monoisotopic (exact) mass is 499 g/mol. The molecule has 0 atom stereocenters. The molecular weight excluding hydrogens is 462 g/mol. The normalized spacial score (nSPS) is 18.1. The van der Waals surface area contributed by atoms with Crippen molar-refractivity contribution in [3.63, 3.8) is 0 Å². The zero-order valence-electron chi connectivity index (χ0n) is 20.6. The van der Waals surface area contributed by atoms with Gasteiger partial charge in [0.05, 0.1) is 18.0 Å². The quantitative estimate of drug-likeness (QED) is 0.526. The first kappa shape index (κ1) is 25.7. The molecular formula is C27H37N3O4S. The van der Waals surface area contributed by atoms with E-state index in [1.54, 1.807) is 24.3 Å². The Hall–Kier alpha value is -2.42. The van der Waals surface area contributed by atoms with Crippen LogP contribution in [0.3, 0.4) is 0 Å². The number of benzene rings is 2. The van der Waals surface area contributed by atoms with Gasteiger partial charge in [0, 0.05) is 38.8 Å². The number of sulfonamides is 1. The molecule has 7 nitrogen and oxygen atoms in total. The summed E-state index contributed by atoms with van der Waals surface area (Å²) in [5.74, 6) is 0.532. The molecule has 1 amide bonds. The Morgan fingerprint density at radius 3 is 2.23 bits per heavy atom. The third kappa shape index (κ3) is 6.63. The highest BCUT2D eigenvalue weighted by Gasteiger charge is 2.35. The van der Waals surface area contributed by atoms with Crippen molar-refractivity contribution in [1.29, 1.82) is 0 Å². The zero-order chi connectivity index (χ0) is 24.7. The lowest BCUT2D eigenvalue weighted by molar-refractivity contribution is -0.133. The molecule has 1 saturated heterocycles. The molecule has 35 heavy (non-hydrogen) atoms. The summed E-state index contributed by atoms with van der Waals surface area (Å²) in [6, 6.07) is 16.7. The SMILES string of the molecule is CCOc1ccc(S(=O)(=O)N(CC(=O)N2CCN(Cc3ccccc3)CC2)C2CCCCC2)cc1. The van der Waals surface area contributed by atoms with Crippen molar-refractivity contribution in [2.24, 2.45) is 0 Å². The fraction of sp³-hybridized carbons (Fsp3) is 0.519. The number of hydrogen-bond acceptors (Lipinski definition) is 5. The summed E-state index contributed by atoms with van der Waals surface area (Å²) in [6.07, 6.45) is 4.70. The van der Waals surface area contributed by atoms with Crippen LogP contribution in [0.4, 0.5) is 0 Å². The van der Waals surface area contributed by atoms with Gasteiger partial charge in [0.25, 0.3) is 0 Å². The number of nitrogens with zero attached hydrogens (tertiary/aromatic N) is 3. The Bertz CT molecular complexity index is 1050. The zero-order valence-corrected chi connectivity index (χ0v) is 21.5. The maximum absolute atomic E-state index is 13.7. The number of ether oxygens (including phenoxy) is 1. The minimum atomic E-state index is -3.80. The van der Waals surface area contributed by atoms with Gasteiger partial charge in [0.1, 0.15) is 5.75 Å². The van der Waals surface area contributed by atoms with E-state index in [4.69, 9.17) is 4.74 Å². The highest BCUT2D eigenvalue weighted by molar-refractivity contribution is 7.89. The topological polar surface area (TPSA) is 70.2 Å². The van der Waals surface area contributed by atoms with Gasteiger partial charge in [-0.2, -0.15) is 4.31 Å². The third-order valence-electron chi connectivity index (χ3n) is 6.99. The van der Waals surface area contributed by atoms with Gasteiger partial charge < -0.3 is 9.64 Å². The fourth-order valence-corrected chi connectivity index (χ4v) is 6.65. The number of amides is 1. The largest absolute Gasteiger partial charge is 0.494 e. The number of carbonyl (C=O) groups is 1. The first-order chi connectivity index (χ1) is 17.0. The van der Waals surface area contributed by atoms with Gasteiger partial charge in [0.15, 0.2) is 0 Å². The predicted molar refractivity (Wildman–Crippen MR) is 137 cm³/mol. The van der Waals surface area contributed by atoms with E-state index in [0.29, 0.717) is 25.4 Å². The summed E-state index contributed by atoms with van der Waals surface area (Å²) in [5.41, 5.74) is 1.26. The van der Waals surface area contributed by atoms with Crippen LogP contribution in [0.5, 0.6) is 5.75 Å². The van der Waals surface area contributed by atoms with Crippen LogP contribution in [0.25, 0.3) is 0 Å². The number of rotatable bonds is 9. The van der Waals surface area contributed by atoms with Crippen LogP contribution >= 0.6 is 0 Å². The molecule has 2 aromatic carbocycles. The van der Waals surface area contributed by atoms with E-state index in [0.717, 1.165) is 51.7 Å². The lowest BCUT2D eigenvalue weighted by Gasteiger charge is -2.37. The van der Waals surface area contributed by atoms with Crippen LogP contribution in [0.15, 0.2) is 59.5 Å². The highest BCUT2D eigenvalue weighted by Crippen LogP contribution is 2.29. The lowest BCUT2D eigenvalue weighted by atomic mass is 9.95. The van der Waals surface area contributed by atoms with Crippen molar-refractivity contribution in [1.82, 2.24) is 14.1 Å². The van der Waals surface area contributed by atoms with Crippen molar-refractivity contribution < 1.29 is 17.9 Å². The highest BCUT2D eigenvalue weighted by atomic mass is 32.2. The minimum Gasteiger partial charge on any atom is -0.494 e. The summed E-state index contributed by atoms with van der Waals surface area (Å²) in [7, 11) is -3.80. The maximum Gasteiger partial charge on any atom is 0.243 e. The third-order valence-corrected chi connectivity index (χ3v) is 8.90. The van der Waals surface area contributed by atoms with Crippen LogP contribution in [0, 0.1) is 0 Å². The molecule has 0 spiro atoms. The lowest BCUT2D eigenvalue weighted by Crippen LogP contribution is -2.53. The van der Waals surface area contributed by atoms with E-state index in [-0.39, 0.29) is 23.4 Å². The molecule has 0 aromatic heterocycles. The second-order valence-corrected chi connectivity index (χ2v) is 11.3. The summed E-state index contributed by atoms with van der Waals surface area (Å²) < 4.78 is 34.3. The fourth-order valence-electron chi connectivity index (χ4n) is 5.02. The summed E-state index contributed by atoms with van der Waals surface area (Å²) in [6.45, 7) is 5.99. The Labute approximate surface area is 209 Å². The van der Waals surface area contributed by atoms with Crippen molar-refractivity contribution in [2.45, 2.75) is 56.5 Å². The Balaban J connectivity index is 1.43. The van der Waals surface area contributed by atoms with Gasteiger partial charge in [-0.15, -0.1) is 0 Å². The van der Waals surface area contributed by atoms with Crippen LogP contribution in [-0.4, -0.2) is 73.8 Å². The molecule has 0 unspecified atom stereocenters. The molecule has 8 heteroatoms. The van der Waals surface area contributed by atoms with Gasteiger partial charge in [-0.3, -0.25) is 9.69 Å². The Morgan fingerprint density at radius 1 is 0.943 bits per heavy atom. The molecule has 1 aliphatic carbocycles. The second-order valence-electron chi connectivity index (χ2n) is 9.39. The van der Waals surface area contributed by atoms with Gasteiger partial charge in [-0.1, -0.05) is 49.6 Å². The first-order valence-electron chi connectivity index (χ1n) is 12.8. The predicted octanol–water partition coefficient (Wildman–Crippen LogP) is 3.75. The first-order valence-corrected chi connectivity index (χ1v) is 14.2. The molecule has 2 aliphatic rings. The Kier molecular flexibility index (Phi) is 8.81. The number of carbonyl (C=O) groups excluding carboxylic acids is 1. The van der Waals surface area contributed by atoms with Crippen LogP contribution in [0.1, 0.15) is 44.6 Å². The van der Waals surface area contributed by atoms with Crippen molar-refractivity contribution in [3.05, 3.63) is 60.2 Å². The van der Waals surface area contributed by atoms with Gasteiger partial charge in [-0.05, 0) is 49.6 Å². The average Bonchev–Trinajstić information content (AvgIpc) is 2.89. The maximum atomic E-state index is 13.7. The smallest absolute Gasteiger partial charge is 0.243 e. The molecule has 2 aromatic rings. The van der Waals surface area contributed by atoms with Crippen molar-refractivity contribution in [3.8, 4) is 5.75 Å². The number of hydrogen-bond donors (Lipinski definition) is 0. The Morgan fingerprint density at radius 2 is 1.60 bits per heavy atom. The van der Waals surface area contributed by atoms with E-state index >= 15 is 0 Å². The van der Waals surface area contributed by atoms with Gasteiger partial charge in [0.2, 0.25) is 15.9 Å². The summed E-state index contributed by atoms with van der Waals surface area (Å²) >= 11 is 0. The van der Waals surface area contributed by atoms with Gasteiger partial charge in [-0.25, -0.2) is 8.42 Å². The number of piperazine rings is 1. The van der Waals surface area contributed by atoms with E-state index in [1.807, 2.05) is 30.0 Å². The molecule has 2 fully saturated rings. The van der Waals surface area contributed by atoms with E-state index in [1.165, 1.54) is 9.87 Å².